The van der Waals surface area contributed by atoms with Gasteiger partial charge in [-0.2, -0.15) is 0 Å². The van der Waals surface area contributed by atoms with E-state index in [1.54, 1.807) is 4.98 Å². The zero-order chi connectivity index (χ0) is 6.85. The first-order valence-electron chi connectivity index (χ1n) is 1.97. The summed E-state index contributed by atoms with van der Waals surface area (Å²) in [5, 5.41) is 12.6. The van der Waals surface area contributed by atoms with Gasteiger partial charge < -0.3 is 9.90 Å². The molecule has 0 amide bonds. The van der Waals surface area contributed by atoms with Gasteiger partial charge in [-0.25, -0.2) is 4.79 Å². The number of hydrogen-bond donors (Lipinski definition) is 1. The van der Waals surface area contributed by atoms with Crippen LogP contribution in [0.25, 0.3) is 0 Å². The second-order valence-electron chi connectivity index (χ2n) is 1.23. The summed E-state index contributed by atoms with van der Waals surface area (Å²) < 4.78 is 3.84. The Labute approximate surface area is 76.5 Å². The molecule has 0 saturated carbocycles. The molecule has 0 fully saturated rings. The third-order valence-corrected chi connectivity index (χ3v) is 0.634. The van der Waals surface area contributed by atoms with Gasteiger partial charge in [0.05, 0.1) is 0 Å². The van der Waals surface area contributed by atoms with Gasteiger partial charge in [-0.3, -0.25) is 9.51 Å². The standard InChI is InChI=1S/C3H2N2O4.Na/c6-2(7)1-4-3(8)9-5-1;/h(H,6,7)(H,4,5,8);/q;+1/p-1. The first-order chi connectivity index (χ1) is 4.20. The molecule has 1 N–H and O–H groups in total. The van der Waals surface area contributed by atoms with E-state index in [1.807, 2.05) is 0 Å². The molecule has 48 valence electrons. The van der Waals surface area contributed by atoms with Crippen molar-refractivity contribution in [3.63, 3.8) is 0 Å². The number of aromatic nitrogens is 2. The van der Waals surface area contributed by atoms with E-state index in [1.165, 1.54) is 0 Å². The average molecular weight is 152 g/mol. The van der Waals surface area contributed by atoms with Crippen molar-refractivity contribution in [2.75, 3.05) is 0 Å². The van der Waals surface area contributed by atoms with Crippen molar-refractivity contribution in [2.45, 2.75) is 0 Å². The van der Waals surface area contributed by atoms with Gasteiger partial charge in [-0.05, 0) is 0 Å². The number of aromatic amines is 1. The molecule has 0 saturated heterocycles. The third-order valence-electron chi connectivity index (χ3n) is 0.634. The minimum Gasteiger partial charge on any atom is -0.541 e. The van der Waals surface area contributed by atoms with Crippen LogP contribution in [0.3, 0.4) is 0 Å². The number of carboxylic acids is 1. The van der Waals surface area contributed by atoms with E-state index in [-0.39, 0.29) is 29.6 Å². The van der Waals surface area contributed by atoms with Crippen LogP contribution in [0.2, 0.25) is 0 Å². The summed E-state index contributed by atoms with van der Waals surface area (Å²) in [4.78, 5) is 21.6. The molecular weight excluding hydrogens is 151 g/mol. The average Bonchev–Trinajstić information content (AvgIpc) is 2.14. The Morgan fingerprint density at radius 3 is 2.50 bits per heavy atom. The molecule has 1 aromatic heterocycles. The largest absolute Gasteiger partial charge is 1.00 e. The normalized spacial score (nSPS) is 8.40. The molecule has 0 aliphatic rings. The van der Waals surface area contributed by atoms with Crippen LogP contribution in [-0.4, -0.2) is 16.1 Å². The fraction of sp³-hybridized carbons (Fsp3) is 0. The minimum absolute atomic E-state index is 0. The van der Waals surface area contributed by atoms with E-state index in [0.29, 0.717) is 0 Å². The minimum atomic E-state index is -1.57. The van der Waals surface area contributed by atoms with Crippen LogP contribution in [0.4, 0.5) is 0 Å². The van der Waals surface area contributed by atoms with Crippen LogP contribution in [0, 0.1) is 0 Å². The Morgan fingerprint density at radius 2 is 2.30 bits per heavy atom. The van der Waals surface area contributed by atoms with Crippen LogP contribution in [0.15, 0.2) is 9.32 Å². The van der Waals surface area contributed by atoms with Crippen molar-refractivity contribution >= 4 is 5.97 Å². The van der Waals surface area contributed by atoms with E-state index >= 15 is 0 Å². The van der Waals surface area contributed by atoms with Crippen molar-refractivity contribution < 1.29 is 44.0 Å². The maximum atomic E-state index is 10.0. The zero-order valence-electron chi connectivity index (χ0n) is 5.08. The van der Waals surface area contributed by atoms with Gasteiger partial charge in [0, 0.05) is 0 Å². The Balaban J connectivity index is 0.000000810. The van der Waals surface area contributed by atoms with E-state index in [4.69, 9.17) is 0 Å². The Bertz CT molecular complexity index is 276. The third kappa shape index (κ3) is 1.98. The van der Waals surface area contributed by atoms with Gasteiger partial charge in [0.2, 0.25) is 0 Å². The summed E-state index contributed by atoms with van der Waals surface area (Å²) in [5.41, 5.74) is 0. The molecule has 1 heterocycles. The summed E-state index contributed by atoms with van der Waals surface area (Å²) in [6.07, 6.45) is 0. The van der Waals surface area contributed by atoms with Crippen molar-refractivity contribution in [1.82, 2.24) is 10.1 Å². The van der Waals surface area contributed by atoms with E-state index in [0.717, 1.165) is 0 Å². The first-order valence-corrected chi connectivity index (χ1v) is 1.97. The number of carbonyl (C=O) groups excluding carboxylic acids is 1. The summed E-state index contributed by atoms with van der Waals surface area (Å²) in [6.45, 7) is 0. The zero-order valence-corrected chi connectivity index (χ0v) is 7.08. The molecule has 1 aromatic rings. The quantitative estimate of drug-likeness (QED) is 0.405. The number of hydrogen-bond acceptors (Lipinski definition) is 5. The maximum Gasteiger partial charge on any atom is 1.00 e. The molecule has 6 nitrogen and oxygen atoms in total. The molecule has 0 aromatic carbocycles. The smallest absolute Gasteiger partial charge is 0.541 e. The van der Waals surface area contributed by atoms with Crippen molar-refractivity contribution in [3.05, 3.63) is 16.4 Å². The number of carboxylic acid groups (broad SMARTS) is 1. The van der Waals surface area contributed by atoms with Crippen LogP contribution < -0.4 is 40.4 Å². The summed E-state index contributed by atoms with van der Waals surface area (Å²) >= 11 is 0. The molecule has 0 aliphatic carbocycles. The fourth-order valence-corrected chi connectivity index (χ4v) is 0.318. The molecule has 0 aliphatic heterocycles. The molecule has 1 rings (SSSR count). The number of carbonyl (C=O) groups is 1. The van der Waals surface area contributed by atoms with Crippen molar-refractivity contribution in [3.8, 4) is 0 Å². The number of nitrogens with one attached hydrogen (secondary N) is 1. The van der Waals surface area contributed by atoms with Gasteiger partial charge >= 0.3 is 35.3 Å². The SMILES string of the molecule is O=C([O-])c1noc(=O)[nH]1.[Na+]. The monoisotopic (exact) mass is 152 g/mol. The molecule has 0 bridgehead atoms. The van der Waals surface area contributed by atoms with Crippen molar-refractivity contribution in [1.29, 1.82) is 0 Å². The number of nitrogens with zero attached hydrogens (tertiary/aromatic N) is 1. The van der Waals surface area contributed by atoms with Gasteiger partial charge in [-0.15, -0.1) is 0 Å². The summed E-state index contributed by atoms with van der Waals surface area (Å²) in [6, 6.07) is 0. The predicted molar refractivity (Wildman–Crippen MR) is 21.5 cm³/mol. The number of aromatic carboxylic acids is 1. The summed E-state index contributed by atoms with van der Waals surface area (Å²) in [7, 11) is 0. The van der Waals surface area contributed by atoms with Crippen LogP contribution in [0.1, 0.15) is 10.6 Å². The van der Waals surface area contributed by atoms with Crippen LogP contribution in [-0.2, 0) is 0 Å². The number of H-pyrrole nitrogens is 1. The van der Waals surface area contributed by atoms with Crippen LogP contribution >= 0.6 is 0 Å². The van der Waals surface area contributed by atoms with Crippen molar-refractivity contribution in [2.24, 2.45) is 0 Å². The molecule has 10 heavy (non-hydrogen) atoms. The first kappa shape index (κ1) is 9.41. The topological polar surface area (TPSA) is 99.0 Å². The van der Waals surface area contributed by atoms with E-state index < -0.39 is 17.5 Å². The molecule has 0 unspecified atom stereocenters. The van der Waals surface area contributed by atoms with Gasteiger partial charge in [0.25, 0.3) is 0 Å². The summed E-state index contributed by atoms with van der Waals surface area (Å²) in [5.74, 6) is -3.07. The van der Waals surface area contributed by atoms with E-state index in [9.17, 15) is 14.7 Å². The maximum absolute atomic E-state index is 10.0. The molecule has 0 radical (unpaired) electrons. The molecule has 0 spiro atoms. The Morgan fingerprint density at radius 1 is 1.70 bits per heavy atom. The van der Waals surface area contributed by atoms with Crippen LogP contribution in [0.5, 0.6) is 0 Å². The Kier molecular flexibility index (Phi) is 3.34. The van der Waals surface area contributed by atoms with Gasteiger partial charge in [-0.1, -0.05) is 5.16 Å². The predicted octanol–water partition coefficient (Wildman–Crippen LogP) is -5.27. The Hall–Kier alpha value is -0.590. The van der Waals surface area contributed by atoms with Gasteiger partial charge in [0.1, 0.15) is 5.97 Å². The van der Waals surface area contributed by atoms with Gasteiger partial charge in [0.15, 0.2) is 5.82 Å². The van der Waals surface area contributed by atoms with E-state index in [2.05, 4.69) is 9.68 Å². The second-order valence-corrected chi connectivity index (χ2v) is 1.23. The molecule has 0 atom stereocenters. The molecule has 7 heteroatoms. The number of rotatable bonds is 1. The fourth-order valence-electron chi connectivity index (χ4n) is 0.318. The second kappa shape index (κ2) is 3.55. The molecular formula is C3HN2NaO4.